The quantitative estimate of drug-likeness (QED) is 0.347. The fraction of sp³-hybridized carbons (Fsp3) is 0.625. The zero-order chi connectivity index (χ0) is 19.9. The van der Waals surface area contributed by atoms with Crippen LogP contribution in [0.25, 0.3) is 0 Å². The van der Waals surface area contributed by atoms with Gasteiger partial charge in [-0.1, -0.05) is 6.08 Å². The molecule has 0 aromatic rings. The first kappa shape index (κ1) is 21.6. The minimum Gasteiger partial charge on any atom is -0.454 e. The van der Waals surface area contributed by atoms with Gasteiger partial charge in [-0.3, -0.25) is 19.2 Å². The van der Waals surface area contributed by atoms with E-state index in [9.17, 15) is 19.2 Å². The SMILES string of the molecule is C=CCOC1OC(OC(C)=O)C(OC(C)=O)C(OC(C)=O)C1OC(C)=O. The third kappa shape index (κ3) is 6.45. The maximum Gasteiger partial charge on any atom is 0.305 e. The second kappa shape index (κ2) is 9.88. The second-order valence-corrected chi connectivity index (χ2v) is 5.33. The first-order valence-corrected chi connectivity index (χ1v) is 7.72. The van der Waals surface area contributed by atoms with Crippen molar-refractivity contribution in [2.24, 2.45) is 0 Å². The molecule has 0 N–H and O–H groups in total. The predicted molar refractivity (Wildman–Crippen MR) is 83.2 cm³/mol. The Hall–Kier alpha value is -2.46. The highest BCUT2D eigenvalue weighted by Gasteiger charge is 2.53. The lowest BCUT2D eigenvalue weighted by Gasteiger charge is -2.43. The summed E-state index contributed by atoms with van der Waals surface area (Å²) in [5.41, 5.74) is 0. The van der Waals surface area contributed by atoms with Gasteiger partial charge in [0, 0.05) is 27.7 Å². The van der Waals surface area contributed by atoms with Crippen LogP contribution >= 0.6 is 0 Å². The van der Waals surface area contributed by atoms with Crippen molar-refractivity contribution in [1.82, 2.24) is 0 Å². The van der Waals surface area contributed by atoms with E-state index in [1.807, 2.05) is 0 Å². The van der Waals surface area contributed by atoms with E-state index in [-0.39, 0.29) is 6.61 Å². The molecule has 0 spiro atoms. The summed E-state index contributed by atoms with van der Waals surface area (Å²) in [6, 6.07) is 0. The van der Waals surface area contributed by atoms with Crippen molar-refractivity contribution in [3.8, 4) is 0 Å². The zero-order valence-electron chi connectivity index (χ0n) is 15.0. The van der Waals surface area contributed by atoms with Gasteiger partial charge >= 0.3 is 23.9 Å². The van der Waals surface area contributed by atoms with E-state index >= 15 is 0 Å². The third-order valence-corrected chi connectivity index (χ3v) is 3.02. The van der Waals surface area contributed by atoms with Crippen LogP contribution < -0.4 is 0 Å². The van der Waals surface area contributed by atoms with Gasteiger partial charge in [-0.2, -0.15) is 0 Å². The summed E-state index contributed by atoms with van der Waals surface area (Å²) in [5.74, 6) is -2.94. The summed E-state index contributed by atoms with van der Waals surface area (Å²) in [5, 5.41) is 0. The largest absolute Gasteiger partial charge is 0.454 e. The second-order valence-electron chi connectivity index (χ2n) is 5.33. The molecule has 0 aliphatic carbocycles. The molecule has 0 bridgehead atoms. The summed E-state index contributed by atoms with van der Waals surface area (Å²) < 4.78 is 31.3. The molecule has 5 atom stereocenters. The molecule has 0 aromatic heterocycles. The van der Waals surface area contributed by atoms with Crippen LogP contribution in [-0.4, -0.2) is 61.4 Å². The van der Waals surface area contributed by atoms with Gasteiger partial charge in [-0.05, 0) is 0 Å². The van der Waals surface area contributed by atoms with E-state index in [1.165, 1.54) is 6.08 Å². The van der Waals surface area contributed by atoms with Crippen LogP contribution in [0.2, 0.25) is 0 Å². The van der Waals surface area contributed by atoms with Gasteiger partial charge in [0.15, 0.2) is 12.2 Å². The van der Waals surface area contributed by atoms with Crippen LogP contribution in [0.3, 0.4) is 0 Å². The van der Waals surface area contributed by atoms with Crippen molar-refractivity contribution in [3.63, 3.8) is 0 Å². The molecule has 26 heavy (non-hydrogen) atoms. The van der Waals surface area contributed by atoms with E-state index in [0.29, 0.717) is 0 Å². The highest BCUT2D eigenvalue weighted by atomic mass is 16.8. The van der Waals surface area contributed by atoms with Crippen LogP contribution in [0.1, 0.15) is 27.7 Å². The number of carbonyl (C=O) groups excluding carboxylic acids is 4. The lowest BCUT2D eigenvalue weighted by atomic mass is 10.0. The van der Waals surface area contributed by atoms with E-state index in [2.05, 4.69) is 6.58 Å². The minimum absolute atomic E-state index is 0.000244. The molecule has 10 nitrogen and oxygen atoms in total. The fourth-order valence-corrected chi connectivity index (χ4v) is 2.29. The van der Waals surface area contributed by atoms with E-state index in [0.717, 1.165) is 27.7 Å². The maximum atomic E-state index is 11.5. The highest BCUT2D eigenvalue weighted by Crippen LogP contribution is 2.30. The molecule has 0 amide bonds. The molecule has 10 heteroatoms. The zero-order valence-corrected chi connectivity index (χ0v) is 15.0. The molecule has 0 aromatic carbocycles. The van der Waals surface area contributed by atoms with Crippen LogP contribution in [0.4, 0.5) is 0 Å². The molecule has 1 saturated heterocycles. The highest BCUT2D eigenvalue weighted by molar-refractivity contribution is 5.69. The number of carbonyl (C=O) groups is 4. The van der Waals surface area contributed by atoms with Crippen molar-refractivity contribution in [2.75, 3.05) is 6.61 Å². The Kier molecular flexibility index (Phi) is 8.20. The Labute approximate surface area is 150 Å². The van der Waals surface area contributed by atoms with E-state index in [4.69, 9.17) is 28.4 Å². The third-order valence-electron chi connectivity index (χ3n) is 3.02. The van der Waals surface area contributed by atoms with Crippen LogP contribution in [0, 0.1) is 0 Å². The van der Waals surface area contributed by atoms with Crippen molar-refractivity contribution < 1.29 is 47.6 Å². The number of rotatable bonds is 7. The van der Waals surface area contributed by atoms with Gasteiger partial charge in [-0.25, -0.2) is 0 Å². The van der Waals surface area contributed by atoms with Gasteiger partial charge < -0.3 is 28.4 Å². The van der Waals surface area contributed by atoms with Crippen LogP contribution in [0.5, 0.6) is 0 Å². The predicted octanol–water partition coefficient (Wildman–Crippen LogP) is 0.230. The molecule has 1 aliphatic rings. The van der Waals surface area contributed by atoms with Crippen molar-refractivity contribution in [2.45, 2.75) is 58.6 Å². The smallest absolute Gasteiger partial charge is 0.305 e. The van der Waals surface area contributed by atoms with Gasteiger partial charge in [0.2, 0.25) is 18.7 Å². The molecular formula is C16H22O10. The van der Waals surface area contributed by atoms with E-state index in [1.54, 1.807) is 0 Å². The first-order chi connectivity index (χ1) is 12.1. The van der Waals surface area contributed by atoms with Crippen molar-refractivity contribution in [3.05, 3.63) is 12.7 Å². The van der Waals surface area contributed by atoms with Crippen molar-refractivity contribution in [1.29, 1.82) is 0 Å². The topological polar surface area (TPSA) is 124 Å². The van der Waals surface area contributed by atoms with Gasteiger partial charge in [0.05, 0.1) is 6.61 Å². The lowest BCUT2D eigenvalue weighted by molar-refractivity contribution is -0.342. The molecule has 0 radical (unpaired) electrons. The number of ether oxygens (including phenoxy) is 6. The molecular weight excluding hydrogens is 352 g/mol. The molecule has 146 valence electrons. The molecule has 0 saturated carbocycles. The molecule has 1 aliphatic heterocycles. The minimum atomic E-state index is -1.44. The first-order valence-electron chi connectivity index (χ1n) is 7.72. The summed E-state index contributed by atoms with van der Waals surface area (Å²) in [6.07, 6.45) is -5.26. The van der Waals surface area contributed by atoms with Gasteiger partial charge in [0.25, 0.3) is 0 Å². The number of hydrogen-bond acceptors (Lipinski definition) is 10. The normalized spacial score (nSPS) is 27.8. The van der Waals surface area contributed by atoms with Crippen molar-refractivity contribution >= 4 is 23.9 Å². The number of hydrogen-bond donors (Lipinski definition) is 0. The van der Waals surface area contributed by atoms with Crippen LogP contribution in [0.15, 0.2) is 12.7 Å². The molecule has 5 unspecified atom stereocenters. The molecule has 1 heterocycles. The van der Waals surface area contributed by atoms with Crippen LogP contribution in [-0.2, 0) is 47.6 Å². The summed E-state index contributed by atoms with van der Waals surface area (Å²) in [4.78, 5) is 45.8. The Morgan fingerprint density at radius 1 is 0.769 bits per heavy atom. The van der Waals surface area contributed by atoms with E-state index < -0.39 is 54.8 Å². The fourth-order valence-electron chi connectivity index (χ4n) is 2.29. The summed E-state index contributed by atoms with van der Waals surface area (Å²) >= 11 is 0. The monoisotopic (exact) mass is 374 g/mol. The summed E-state index contributed by atoms with van der Waals surface area (Å²) in [7, 11) is 0. The Morgan fingerprint density at radius 2 is 1.19 bits per heavy atom. The average Bonchev–Trinajstić information content (AvgIpc) is 2.49. The molecule has 1 fully saturated rings. The molecule has 1 rings (SSSR count). The Bertz CT molecular complexity index is 557. The summed E-state index contributed by atoms with van der Waals surface area (Å²) in [6.45, 7) is 7.97. The lowest BCUT2D eigenvalue weighted by Crippen LogP contribution is -2.62. The van der Waals surface area contributed by atoms with Gasteiger partial charge in [0.1, 0.15) is 0 Å². The van der Waals surface area contributed by atoms with Gasteiger partial charge in [-0.15, -0.1) is 6.58 Å². The Balaban J connectivity index is 3.27. The Morgan fingerprint density at radius 3 is 1.62 bits per heavy atom. The maximum absolute atomic E-state index is 11.5. The standard InChI is InChI=1S/C16H22O10/c1-6-7-21-15-13(23-9(3)18)12(22-8(2)17)14(24-10(4)19)16(26-15)25-11(5)20/h6,12-16H,1,7H2,2-5H3. The average molecular weight is 374 g/mol. The number of esters is 4.